The van der Waals surface area contributed by atoms with Crippen molar-refractivity contribution >= 4 is 5.91 Å². The van der Waals surface area contributed by atoms with Gasteiger partial charge in [-0.25, -0.2) is 0 Å². The number of hydrogen-bond acceptors (Lipinski definition) is 1. The molecule has 3 heteroatoms. The van der Waals surface area contributed by atoms with Gasteiger partial charge in [0.15, 0.2) is 0 Å². The van der Waals surface area contributed by atoms with Gasteiger partial charge >= 0.3 is 0 Å². The normalized spacial score (nSPS) is 14.9. The summed E-state index contributed by atoms with van der Waals surface area (Å²) < 4.78 is 2.33. The molecule has 2 rings (SSSR count). The van der Waals surface area contributed by atoms with Gasteiger partial charge in [0.25, 0.3) is 5.91 Å². The molecule has 0 spiro atoms. The fourth-order valence-electron chi connectivity index (χ4n) is 2.59. The number of amides is 1. The number of unbranched alkanes of at least 4 members (excludes halogenated alkanes) is 1. The van der Waals surface area contributed by atoms with E-state index in [4.69, 9.17) is 0 Å². The smallest absolute Gasteiger partial charge is 0.255 e. The number of rotatable bonds is 5. The van der Waals surface area contributed by atoms with Gasteiger partial charge < -0.3 is 9.47 Å². The third kappa shape index (κ3) is 2.45. The third-order valence-electron chi connectivity index (χ3n) is 3.82. The highest BCUT2D eigenvalue weighted by molar-refractivity contribution is 5.95. The maximum absolute atomic E-state index is 12.4. The quantitative estimate of drug-likeness (QED) is 0.784. The lowest BCUT2D eigenvalue weighted by Crippen LogP contribution is -2.28. The minimum atomic E-state index is 0.170. The molecule has 0 N–H and O–H groups in total. The molecule has 3 nitrogen and oxygen atoms in total. The summed E-state index contributed by atoms with van der Waals surface area (Å²) in [5, 5.41) is 0. The van der Waals surface area contributed by atoms with Gasteiger partial charge in [-0.05, 0) is 39.2 Å². The van der Waals surface area contributed by atoms with Crippen LogP contribution in [0.2, 0.25) is 0 Å². The summed E-state index contributed by atoms with van der Waals surface area (Å²) in [4.78, 5) is 14.2. The average Bonchev–Trinajstić information content (AvgIpc) is 3.12. The molecule has 0 bridgehead atoms. The molecule has 1 aromatic heterocycles. The molecule has 0 radical (unpaired) electrons. The standard InChI is InChI=1S/C15H24N2O/c1-5-6-9-16(4)15(18)14-10-11(2)17(12(14)3)13-7-8-13/h10,13H,5-9H2,1-4H3. The number of aromatic nitrogens is 1. The molecule has 1 aromatic rings. The predicted molar refractivity (Wildman–Crippen MR) is 74.0 cm³/mol. The Hall–Kier alpha value is -1.25. The van der Waals surface area contributed by atoms with Crippen LogP contribution in [0.15, 0.2) is 6.07 Å². The fourth-order valence-corrected chi connectivity index (χ4v) is 2.59. The summed E-state index contributed by atoms with van der Waals surface area (Å²) in [5.41, 5.74) is 3.25. The largest absolute Gasteiger partial charge is 0.345 e. The van der Waals surface area contributed by atoms with Crippen LogP contribution in [0, 0.1) is 13.8 Å². The fraction of sp³-hybridized carbons (Fsp3) is 0.667. The van der Waals surface area contributed by atoms with Crippen molar-refractivity contribution in [3.8, 4) is 0 Å². The average molecular weight is 248 g/mol. The number of nitrogens with zero attached hydrogens (tertiary/aromatic N) is 2. The molecule has 1 saturated carbocycles. The van der Waals surface area contributed by atoms with Gasteiger partial charge in [-0.1, -0.05) is 13.3 Å². The second-order valence-corrected chi connectivity index (χ2v) is 5.47. The van der Waals surface area contributed by atoms with E-state index in [0.717, 1.165) is 30.6 Å². The number of carbonyl (C=O) groups is 1. The SMILES string of the molecule is CCCCN(C)C(=O)c1cc(C)n(C2CC2)c1C. The third-order valence-corrected chi connectivity index (χ3v) is 3.82. The van der Waals surface area contributed by atoms with Gasteiger partial charge in [0.1, 0.15) is 0 Å². The molecular formula is C15H24N2O. The van der Waals surface area contributed by atoms with Crippen LogP contribution >= 0.6 is 0 Å². The molecule has 0 aliphatic heterocycles. The van der Waals surface area contributed by atoms with Crippen LogP contribution in [-0.2, 0) is 0 Å². The van der Waals surface area contributed by atoms with Crippen LogP contribution in [0.3, 0.4) is 0 Å². The van der Waals surface area contributed by atoms with Crippen molar-refractivity contribution in [2.45, 2.75) is 52.5 Å². The van der Waals surface area contributed by atoms with Crippen molar-refractivity contribution in [2.75, 3.05) is 13.6 Å². The Morgan fingerprint density at radius 3 is 2.67 bits per heavy atom. The Bertz CT molecular complexity index is 444. The van der Waals surface area contributed by atoms with Crippen molar-refractivity contribution in [1.29, 1.82) is 0 Å². The lowest BCUT2D eigenvalue weighted by Gasteiger charge is -2.17. The Labute approximate surface area is 110 Å². The zero-order valence-corrected chi connectivity index (χ0v) is 12.0. The second kappa shape index (κ2) is 5.17. The molecule has 1 amide bonds. The summed E-state index contributed by atoms with van der Waals surface area (Å²) in [6, 6.07) is 2.70. The van der Waals surface area contributed by atoms with Crippen LogP contribution in [0.1, 0.15) is 60.4 Å². The first-order valence-electron chi connectivity index (χ1n) is 7.00. The van der Waals surface area contributed by atoms with Crippen molar-refractivity contribution in [2.24, 2.45) is 0 Å². The monoisotopic (exact) mass is 248 g/mol. The summed E-state index contributed by atoms with van der Waals surface area (Å²) in [5.74, 6) is 0.170. The zero-order chi connectivity index (χ0) is 13.3. The highest BCUT2D eigenvalue weighted by Crippen LogP contribution is 2.38. The maximum Gasteiger partial charge on any atom is 0.255 e. The Morgan fingerprint density at radius 1 is 1.44 bits per heavy atom. The molecule has 1 aliphatic carbocycles. The van der Waals surface area contributed by atoms with Crippen LogP contribution in [-0.4, -0.2) is 29.0 Å². The van der Waals surface area contributed by atoms with Gasteiger partial charge in [0.2, 0.25) is 0 Å². The molecule has 0 unspecified atom stereocenters. The van der Waals surface area contributed by atoms with E-state index in [-0.39, 0.29) is 5.91 Å². The van der Waals surface area contributed by atoms with Crippen molar-refractivity contribution in [3.05, 3.63) is 23.0 Å². The molecule has 100 valence electrons. The predicted octanol–water partition coefficient (Wildman–Crippen LogP) is 3.31. The molecule has 0 atom stereocenters. The van der Waals surface area contributed by atoms with E-state index in [0.29, 0.717) is 6.04 Å². The molecule has 0 aromatic carbocycles. The molecule has 1 heterocycles. The highest BCUT2D eigenvalue weighted by Gasteiger charge is 2.28. The molecule has 0 saturated heterocycles. The van der Waals surface area contributed by atoms with E-state index < -0.39 is 0 Å². The lowest BCUT2D eigenvalue weighted by molar-refractivity contribution is 0.0792. The second-order valence-electron chi connectivity index (χ2n) is 5.47. The van der Waals surface area contributed by atoms with Crippen molar-refractivity contribution in [1.82, 2.24) is 9.47 Å². The minimum Gasteiger partial charge on any atom is -0.345 e. The molecule has 1 fully saturated rings. The minimum absolute atomic E-state index is 0.170. The van der Waals surface area contributed by atoms with Gasteiger partial charge in [-0.2, -0.15) is 0 Å². The topological polar surface area (TPSA) is 25.2 Å². The Kier molecular flexibility index (Phi) is 3.79. The van der Waals surface area contributed by atoms with Crippen LogP contribution in [0.5, 0.6) is 0 Å². The highest BCUT2D eigenvalue weighted by atomic mass is 16.2. The van der Waals surface area contributed by atoms with E-state index in [1.807, 2.05) is 11.9 Å². The summed E-state index contributed by atoms with van der Waals surface area (Å²) in [7, 11) is 1.90. The first-order chi connectivity index (χ1) is 8.56. The van der Waals surface area contributed by atoms with Gasteiger partial charge in [0.05, 0.1) is 5.56 Å². The number of carbonyl (C=O) groups excluding carboxylic acids is 1. The van der Waals surface area contributed by atoms with Gasteiger partial charge in [-0.15, -0.1) is 0 Å². The molecule has 1 aliphatic rings. The summed E-state index contributed by atoms with van der Waals surface area (Å²) in [6.07, 6.45) is 4.72. The maximum atomic E-state index is 12.4. The Morgan fingerprint density at radius 2 is 2.11 bits per heavy atom. The van der Waals surface area contributed by atoms with E-state index in [1.165, 1.54) is 18.5 Å². The first-order valence-corrected chi connectivity index (χ1v) is 7.00. The van der Waals surface area contributed by atoms with Crippen LogP contribution in [0.4, 0.5) is 0 Å². The van der Waals surface area contributed by atoms with E-state index in [9.17, 15) is 4.79 Å². The molecular weight excluding hydrogens is 224 g/mol. The van der Waals surface area contributed by atoms with Crippen molar-refractivity contribution in [3.63, 3.8) is 0 Å². The number of hydrogen-bond donors (Lipinski definition) is 0. The summed E-state index contributed by atoms with van der Waals surface area (Å²) >= 11 is 0. The summed E-state index contributed by atoms with van der Waals surface area (Å²) in [6.45, 7) is 7.18. The van der Waals surface area contributed by atoms with E-state index in [1.54, 1.807) is 0 Å². The zero-order valence-electron chi connectivity index (χ0n) is 12.0. The lowest BCUT2D eigenvalue weighted by atomic mass is 10.2. The first kappa shape index (κ1) is 13.2. The number of aryl methyl sites for hydroxylation is 1. The van der Waals surface area contributed by atoms with Crippen LogP contribution in [0.25, 0.3) is 0 Å². The van der Waals surface area contributed by atoms with E-state index >= 15 is 0 Å². The molecule has 18 heavy (non-hydrogen) atoms. The Balaban J connectivity index is 2.17. The van der Waals surface area contributed by atoms with Crippen molar-refractivity contribution < 1.29 is 4.79 Å². The van der Waals surface area contributed by atoms with Crippen LogP contribution < -0.4 is 0 Å². The van der Waals surface area contributed by atoms with Gasteiger partial charge in [-0.3, -0.25) is 4.79 Å². The van der Waals surface area contributed by atoms with Gasteiger partial charge in [0, 0.05) is 31.0 Å². The van der Waals surface area contributed by atoms with E-state index in [2.05, 4.69) is 31.4 Å².